The van der Waals surface area contributed by atoms with E-state index < -0.39 is 10.0 Å². The predicted octanol–water partition coefficient (Wildman–Crippen LogP) is 3.67. The summed E-state index contributed by atoms with van der Waals surface area (Å²) >= 11 is 0. The van der Waals surface area contributed by atoms with Crippen molar-refractivity contribution in [1.29, 1.82) is 0 Å². The van der Waals surface area contributed by atoms with Gasteiger partial charge in [0.15, 0.2) is 5.65 Å². The Morgan fingerprint density at radius 3 is 2.77 bits per heavy atom. The van der Waals surface area contributed by atoms with Crippen LogP contribution in [0.15, 0.2) is 53.3 Å². The van der Waals surface area contributed by atoms with Gasteiger partial charge in [0.05, 0.1) is 17.7 Å². The molecule has 1 atom stereocenters. The molecule has 1 unspecified atom stereocenters. The molecule has 0 bridgehead atoms. The largest absolute Gasteiger partial charge is 0.496 e. The number of sulfonamides is 1. The van der Waals surface area contributed by atoms with E-state index in [1.165, 1.54) is 0 Å². The standard InChI is InChI=1S/C22H24N4O3S/c1-29-20-5-3-2-4-18(20)21-19-12-15(13-23-22(19)25-24-21)14-6-10-17(11-7-14)30(27,28)26-16-8-9-16/h4-6,10-14,16,26H,2-3,7-9H2,1H3,(H,23,24,25). The lowest BCUT2D eigenvalue weighted by Crippen LogP contribution is -2.27. The highest BCUT2D eigenvalue weighted by Crippen LogP contribution is 2.34. The van der Waals surface area contributed by atoms with Crippen LogP contribution in [0.1, 0.15) is 49.3 Å². The average molecular weight is 425 g/mol. The van der Waals surface area contributed by atoms with Crippen molar-refractivity contribution in [3.63, 3.8) is 0 Å². The summed E-state index contributed by atoms with van der Waals surface area (Å²) in [6, 6.07) is 2.20. The van der Waals surface area contributed by atoms with Gasteiger partial charge in [0, 0.05) is 29.1 Å². The molecule has 0 saturated heterocycles. The molecule has 2 N–H and O–H groups in total. The quantitative estimate of drug-likeness (QED) is 0.737. The molecule has 0 amide bonds. The lowest BCUT2D eigenvalue weighted by molar-refractivity contribution is 0.308. The zero-order chi connectivity index (χ0) is 20.7. The van der Waals surface area contributed by atoms with Crippen LogP contribution in [0, 0.1) is 0 Å². The predicted molar refractivity (Wildman–Crippen MR) is 116 cm³/mol. The molecule has 7 nitrogen and oxygen atoms in total. The highest BCUT2D eigenvalue weighted by atomic mass is 32.2. The molecule has 2 aromatic rings. The second-order valence-electron chi connectivity index (χ2n) is 7.91. The first-order valence-electron chi connectivity index (χ1n) is 10.2. The number of methoxy groups -OCH3 is 1. The SMILES string of the molecule is COC1=CCCC=C1c1[nH]nc2ncc(C3C=CC(S(=O)(=O)NC4CC4)=CC3)cc12. The van der Waals surface area contributed by atoms with Crippen molar-refractivity contribution in [3.05, 3.63) is 64.6 Å². The first-order valence-corrected chi connectivity index (χ1v) is 11.7. The summed E-state index contributed by atoms with van der Waals surface area (Å²) in [5.41, 5.74) is 3.59. The Labute approximate surface area is 175 Å². The molecule has 30 heavy (non-hydrogen) atoms. The van der Waals surface area contributed by atoms with Crippen molar-refractivity contribution in [3.8, 4) is 0 Å². The molecule has 156 valence electrons. The molecule has 1 saturated carbocycles. The topological polar surface area (TPSA) is 97.0 Å². The van der Waals surface area contributed by atoms with Crippen LogP contribution in [0.3, 0.4) is 0 Å². The molecule has 0 radical (unpaired) electrons. The first-order chi connectivity index (χ1) is 14.5. The van der Waals surface area contributed by atoms with Gasteiger partial charge in [-0.25, -0.2) is 18.1 Å². The van der Waals surface area contributed by atoms with Crippen molar-refractivity contribution in [2.75, 3.05) is 7.11 Å². The molecule has 2 aromatic heterocycles. The third-order valence-corrected chi connectivity index (χ3v) is 7.30. The van der Waals surface area contributed by atoms with E-state index in [4.69, 9.17) is 4.74 Å². The molecule has 0 aliphatic heterocycles. The second-order valence-corrected chi connectivity index (χ2v) is 9.62. The third kappa shape index (κ3) is 3.61. The van der Waals surface area contributed by atoms with Crippen LogP contribution >= 0.6 is 0 Å². The zero-order valence-electron chi connectivity index (χ0n) is 16.8. The van der Waals surface area contributed by atoms with Gasteiger partial charge in [-0.1, -0.05) is 18.2 Å². The number of hydrogen-bond acceptors (Lipinski definition) is 5. The van der Waals surface area contributed by atoms with Gasteiger partial charge in [0.25, 0.3) is 0 Å². The fourth-order valence-electron chi connectivity index (χ4n) is 3.93. The Morgan fingerprint density at radius 1 is 1.20 bits per heavy atom. The smallest absolute Gasteiger partial charge is 0.240 e. The summed E-state index contributed by atoms with van der Waals surface area (Å²) in [4.78, 5) is 4.88. The van der Waals surface area contributed by atoms with Crippen LogP contribution in [-0.2, 0) is 14.8 Å². The number of aromatic nitrogens is 3. The summed E-state index contributed by atoms with van der Waals surface area (Å²) in [5.74, 6) is 0.915. The average Bonchev–Trinajstić information content (AvgIpc) is 3.48. The van der Waals surface area contributed by atoms with E-state index in [1.807, 2.05) is 12.3 Å². The van der Waals surface area contributed by atoms with Crippen molar-refractivity contribution in [1.82, 2.24) is 19.9 Å². The van der Waals surface area contributed by atoms with Gasteiger partial charge in [-0.3, -0.25) is 5.10 Å². The van der Waals surface area contributed by atoms with Crippen LogP contribution in [0.2, 0.25) is 0 Å². The third-order valence-electron chi connectivity index (χ3n) is 5.73. The minimum Gasteiger partial charge on any atom is -0.496 e. The zero-order valence-corrected chi connectivity index (χ0v) is 17.6. The Hall–Kier alpha value is -2.71. The first kappa shape index (κ1) is 19.3. The van der Waals surface area contributed by atoms with Crippen LogP contribution < -0.4 is 4.72 Å². The molecule has 2 heterocycles. The number of allylic oxidation sites excluding steroid dienone is 6. The van der Waals surface area contributed by atoms with Gasteiger partial charge in [-0.2, -0.15) is 5.10 Å². The monoisotopic (exact) mass is 424 g/mol. The number of ether oxygens (including phenoxy) is 1. The van der Waals surface area contributed by atoms with Crippen molar-refractivity contribution >= 4 is 26.6 Å². The Bertz CT molecular complexity index is 1220. The molecule has 3 aliphatic rings. The van der Waals surface area contributed by atoms with E-state index in [9.17, 15) is 8.42 Å². The Balaban J connectivity index is 1.42. The normalized spacial score (nSPS) is 21.9. The van der Waals surface area contributed by atoms with Crippen molar-refractivity contribution in [2.45, 2.75) is 44.1 Å². The lowest BCUT2D eigenvalue weighted by Gasteiger charge is -2.17. The second kappa shape index (κ2) is 7.52. The molecular formula is C22H24N4O3S. The number of H-pyrrole nitrogens is 1. The summed E-state index contributed by atoms with van der Waals surface area (Å²) in [7, 11) is -1.74. The molecule has 5 rings (SSSR count). The fraction of sp³-hybridized carbons (Fsp3) is 0.364. The van der Waals surface area contributed by atoms with E-state index in [0.29, 0.717) is 17.0 Å². The van der Waals surface area contributed by atoms with Gasteiger partial charge in [0.2, 0.25) is 10.0 Å². The molecule has 1 fully saturated rings. The number of aromatic amines is 1. The van der Waals surface area contributed by atoms with Crippen LogP contribution in [0.5, 0.6) is 0 Å². The van der Waals surface area contributed by atoms with Crippen molar-refractivity contribution in [2.24, 2.45) is 0 Å². The van der Waals surface area contributed by atoms with Crippen molar-refractivity contribution < 1.29 is 13.2 Å². The molecule has 0 spiro atoms. The van der Waals surface area contributed by atoms with E-state index in [-0.39, 0.29) is 12.0 Å². The molecule has 8 heteroatoms. The summed E-state index contributed by atoms with van der Waals surface area (Å²) in [6.45, 7) is 0. The maximum atomic E-state index is 12.4. The number of pyridine rings is 1. The Kier molecular flexibility index (Phi) is 4.83. The summed E-state index contributed by atoms with van der Waals surface area (Å²) in [6.07, 6.45) is 15.9. The number of nitrogens with zero attached hydrogens (tertiary/aromatic N) is 2. The van der Waals surface area contributed by atoms with E-state index >= 15 is 0 Å². The van der Waals surface area contributed by atoms with Crippen LogP contribution in [-0.4, -0.2) is 36.8 Å². The highest BCUT2D eigenvalue weighted by Gasteiger charge is 2.29. The molecule has 3 aliphatic carbocycles. The maximum absolute atomic E-state index is 12.4. The van der Waals surface area contributed by atoms with Gasteiger partial charge < -0.3 is 4.74 Å². The van der Waals surface area contributed by atoms with Crippen LogP contribution in [0.25, 0.3) is 16.6 Å². The number of rotatable bonds is 6. The van der Waals surface area contributed by atoms with E-state index in [2.05, 4.69) is 38.1 Å². The number of hydrogen-bond donors (Lipinski definition) is 2. The minimum atomic E-state index is -3.42. The molecular weight excluding hydrogens is 400 g/mol. The van der Waals surface area contributed by atoms with Gasteiger partial charge in [0.1, 0.15) is 5.76 Å². The fourth-order valence-corrected chi connectivity index (χ4v) is 5.31. The van der Waals surface area contributed by atoms with E-state index in [1.54, 1.807) is 19.3 Å². The Morgan fingerprint density at radius 2 is 2.03 bits per heavy atom. The number of nitrogens with one attached hydrogen (secondary N) is 2. The summed E-state index contributed by atoms with van der Waals surface area (Å²) < 4.78 is 33.1. The van der Waals surface area contributed by atoms with E-state index in [0.717, 1.165) is 53.7 Å². The summed E-state index contributed by atoms with van der Waals surface area (Å²) in [5, 5.41) is 8.40. The maximum Gasteiger partial charge on any atom is 0.240 e. The lowest BCUT2D eigenvalue weighted by atomic mass is 9.92. The van der Waals surface area contributed by atoms with Gasteiger partial charge >= 0.3 is 0 Å². The number of fused-ring (bicyclic) bond motifs is 1. The van der Waals surface area contributed by atoms with Gasteiger partial charge in [-0.15, -0.1) is 0 Å². The molecule has 0 aromatic carbocycles. The highest BCUT2D eigenvalue weighted by molar-refractivity contribution is 7.93. The van der Waals surface area contributed by atoms with Crippen LogP contribution in [0.4, 0.5) is 0 Å². The minimum absolute atomic E-state index is 0.0716. The van der Waals surface area contributed by atoms with Gasteiger partial charge in [-0.05, 0) is 55.9 Å².